The van der Waals surface area contributed by atoms with Crippen molar-refractivity contribution in [1.29, 1.82) is 0 Å². The summed E-state index contributed by atoms with van der Waals surface area (Å²) in [6, 6.07) is 0. The van der Waals surface area contributed by atoms with Gasteiger partial charge in [-0.1, -0.05) is 50.5 Å². The maximum atomic E-state index is 10.3. The van der Waals surface area contributed by atoms with Gasteiger partial charge in [0.25, 0.3) is 0 Å². The molecule has 4 heteroatoms. The van der Waals surface area contributed by atoms with Gasteiger partial charge < -0.3 is 9.99 Å². The van der Waals surface area contributed by atoms with Gasteiger partial charge in [0.2, 0.25) is 0 Å². The lowest BCUT2D eigenvalue weighted by Gasteiger charge is -1.99. The number of carbonyl (C=O) groups is 1. The highest BCUT2D eigenvalue weighted by Crippen LogP contribution is 2.09. The molecular formula is C18H30O4. The van der Waals surface area contributed by atoms with Gasteiger partial charge >= 0.3 is 5.97 Å². The van der Waals surface area contributed by atoms with Gasteiger partial charge in [0.15, 0.2) is 0 Å². The van der Waals surface area contributed by atoms with E-state index in [1.54, 1.807) is 0 Å². The highest BCUT2D eigenvalue weighted by molar-refractivity contribution is 5.66. The molecule has 0 unspecified atom stereocenters. The van der Waals surface area contributed by atoms with Crippen LogP contribution in [0, 0.1) is 0 Å². The van der Waals surface area contributed by atoms with Gasteiger partial charge in [0.1, 0.15) is 5.76 Å². The maximum absolute atomic E-state index is 10.3. The highest BCUT2D eigenvalue weighted by atomic mass is 17.1. The molecule has 0 atom stereocenters. The monoisotopic (exact) mass is 310 g/mol. The van der Waals surface area contributed by atoms with E-state index in [1.807, 2.05) is 18.2 Å². The molecule has 0 aliphatic carbocycles. The van der Waals surface area contributed by atoms with Crippen molar-refractivity contribution in [2.24, 2.45) is 0 Å². The van der Waals surface area contributed by atoms with Crippen molar-refractivity contribution < 1.29 is 20.0 Å². The Morgan fingerprint density at radius 3 is 2.41 bits per heavy atom. The van der Waals surface area contributed by atoms with Crippen LogP contribution >= 0.6 is 0 Å². The van der Waals surface area contributed by atoms with Crippen LogP contribution in [0.3, 0.4) is 0 Å². The standard InChI is InChI=1S/C18H30O4/c1-2-3-11-14-17(22-21)15-12-9-7-5-4-6-8-10-13-16-18(19)20/h3,7,9,11,15,21H,2,4-6,8,10,12-14,16H2,1H3,(H,19,20)/b9-7-,11-3-,17-15-. The van der Waals surface area contributed by atoms with Gasteiger partial charge in [-0.05, 0) is 38.2 Å². The van der Waals surface area contributed by atoms with Crippen LogP contribution in [0.25, 0.3) is 0 Å². The number of rotatable bonds is 14. The quantitative estimate of drug-likeness (QED) is 0.147. The molecule has 0 radical (unpaired) electrons. The Balaban J connectivity index is 3.56. The molecular weight excluding hydrogens is 280 g/mol. The van der Waals surface area contributed by atoms with Crippen LogP contribution in [0.2, 0.25) is 0 Å². The average molecular weight is 310 g/mol. The molecule has 0 amide bonds. The fourth-order valence-corrected chi connectivity index (χ4v) is 2.01. The Morgan fingerprint density at radius 1 is 1.00 bits per heavy atom. The van der Waals surface area contributed by atoms with Crippen molar-refractivity contribution in [1.82, 2.24) is 0 Å². The van der Waals surface area contributed by atoms with Crippen LogP contribution < -0.4 is 0 Å². The Morgan fingerprint density at radius 2 is 1.73 bits per heavy atom. The summed E-state index contributed by atoms with van der Waals surface area (Å²) in [6.45, 7) is 2.06. The smallest absolute Gasteiger partial charge is 0.303 e. The third-order valence-corrected chi connectivity index (χ3v) is 3.25. The minimum Gasteiger partial charge on any atom is -0.481 e. The molecule has 0 aromatic heterocycles. The molecule has 0 aliphatic heterocycles. The largest absolute Gasteiger partial charge is 0.481 e. The van der Waals surface area contributed by atoms with E-state index in [9.17, 15) is 4.79 Å². The number of carboxylic acid groups (broad SMARTS) is 1. The molecule has 0 heterocycles. The Bertz CT molecular complexity index is 356. The lowest BCUT2D eigenvalue weighted by molar-refractivity contribution is -0.204. The molecule has 0 rings (SSSR count). The molecule has 0 spiro atoms. The van der Waals surface area contributed by atoms with Crippen LogP contribution in [0.1, 0.15) is 71.1 Å². The summed E-state index contributed by atoms with van der Waals surface area (Å²) in [5, 5.41) is 17.3. The van der Waals surface area contributed by atoms with Crippen molar-refractivity contribution in [2.45, 2.75) is 71.1 Å². The van der Waals surface area contributed by atoms with E-state index >= 15 is 0 Å². The Labute approximate surface area is 134 Å². The molecule has 0 bridgehead atoms. The minimum atomic E-state index is -0.701. The zero-order valence-electron chi connectivity index (χ0n) is 13.7. The molecule has 22 heavy (non-hydrogen) atoms. The fourth-order valence-electron chi connectivity index (χ4n) is 2.01. The second-order valence-electron chi connectivity index (χ2n) is 5.25. The van der Waals surface area contributed by atoms with Crippen LogP contribution in [-0.2, 0) is 9.68 Å². The van der Waals surface area contributed by atoms with Crippen molar-refractivity contribution in [3.63, 3.8) is 0 Å². The summed E-state index contributed by atoms with van der Waals surface area (Å²) in [4.78, 5) is 14.7. The first-order valence-corrected chi connectivity index (χ1v) is 8.23. The van der Waals surface area contributed by atoms with E-state index in [-0.39, 0.29) is 6.42 Å². The lowest BCUT2D eigenvalue weighted by atomic mass is 10.1. The molecule has 0 aliphatic rings. The van der Waals surface area contributed by atoms with Gasteiger partial charge in [-0.2, -0.15) is 0 Å². The van der Waals surface area contributed by atoms with E-state index in [1.165, 1.54) is 0 Å². The predicted octanol–water partition coefficient (Wildman–Crippen LogP) is 5.48. The van der Waals surface area contributed by atoms with E-state index in [0.717, 1.165) is 51.4 Å². The lowest BCUT2D eigenvalue weighted by Crippen LogP contribution is -1.93. The third-order valence-electron chi connectivity index (χ3n) is 3.25. The Kier molecular flexibility index (Phi) is 14.7. The molecule has 0 aromatic carbocycles. The summed E-state index contributed by atoms with van der Waals surface area (Å²) in [6.07, 6.45) is 19.0. The van der Waals surface area contributed by atoms with Gasteiger partial charge in [-0.25, -0.2) is 5.26 Å². The van der Waals surface area contributed by atoms with Gasteiger partial charge in [-0.15, -0.1) is 0 Å². The average Bonchev–Trinajstić information content (AvgIpc) is 2.50. The number of hydrogen-bond acceptors (Lipinski definition) is 3. The molecule has 126 valence electrons. The summed E-state index contributed by atoms with van der Waals surface area (Å²) >= 11 is 0. The van der Waals surface area contributed by atoms with Gasteiger partial charge in [0, 0.05) is 12.8 Å². The second-order valence-corrected chi connectivity index (χ2v) is 5.25. The minimum absolute atomic E-state index is 0.287. The number of hydrogen-bond donors (Lipinski definition) is 2. The SMILES string of the molecule is CC/C=C\C/C(=C/C/C=C\CCCCCCCC(=O)O)OO. The number of aliphatic carboxylic acids is 1. The molecule has 0 saturated carbocycles. The van der Waals surface area contributed by atoms with Crippen LogP contribution in [-0.4, -0.2) is 16.3 Å². The van der Waals surface area contributed by atoms with E-state index < -0.39 is 5.97 Å². The molecule has 4 nitrogen and oxygen atoms in total. The number of allylic oxidation sites excluding steroid dienone is 5. The molecule has 0 aromatic rings. The number of carboxylic acids is 1. The second kappa shape index (κ2) is 15.8. The zero-order chi connectivity index (χ0) is 16.5. The van der Waals surface area contributed by atoms with Crippen LogP contribution in [0.15, 0.2) is 36.1 Å². The summed E-state index contributed by atoms with van der Waals surface area (Å²) in [5.41, 5.74) is 0. The third kappa shape index (κ3) is 14.9. The fraction of sp³-hybridized carbons (Fsp3) is 0.611. The van der Waals surface area contributed by atoms with Gasteiger partial charge in [-0.3, -0.25) is 4.79 Å². The predicted molar refractivity (Wildman–Crippen MR) is 89.6 cm³/mol. The van der Waals surface area contributed by atoms with Crippen LogP contribution in [0.5, 0.6) is 0 Å². The number of unbranched alkanes of at least 4 members (excludes halogenated alkanes) is 5. The molecule has 0 fully saturated rings. The topological polar surface area (TPSA) is 66.8 Å². The maximum Gasteiger partial charge on any atom is 0.303 e. The highest BCUT2D eigenvalue weighted by Gasteiger charge is 1.96. The van der Waals surface area contributed by atoms with E-state index in [2.05, 4.69) is 24.0 Å². The summed E-state index contributed by atoms with van der Waals surface area (Å²) in [5.74, 6) is -0.125. The molecule has 0 saturated heterocycles. The molecule has 2 N–H and O–H groups in total. The van der Waals surface area contributed by atoms with Crippen molar-refractivity contribution in [2.75, 3.05) is 0 Å². The van der Waals surface area contributed by atoms with Crippen molar-refractivity contribution >= 4 is 5.97 Å². The zero-order valence-corrected chi connectivity index (χ0v) is 13.7. The summed E-state index contributed by atoms with van der Waals surface area (Å²) in [7, 11) is 0. The van der Waals surface area contributed by atoms with Crippen LogP contribution in [0.4, 0.5) is 0 Å². The summed E-state index contributed by atoms with van der Waals surface area (Å²) < 4.78 is 0. The van der Waals surface area contributed by atoms with Gasteiger partial charge in [0.05, 0.1) is 0 Å². The first-order valence-electron chi connectivity index (χ1n) is 8.23. The van der Waals surface area contributed by atoms with E-state index in [0.29, 0.717) is 12.2 Å². The van der Waals surface area contributed by atoms with Crippen molar-refractivity contribution in [3.05, 3.63) is 36.1 Å². The first-order chi connectivity index (χ1) is 10.7. The first kappa shape index (κ1) is 20.5. The van der Waals surface area contributed by atoms with E-state index in [4.69, 9.17) is 10.4 Å². The normalized spacial score (nSPS) is 12.4. The Hall–Kier alpha value is -1.55. The van der Waals surface area contributed by atoms with Crippen molar-refractivity contribution in [3.8, 4) is 0 Å².